The molecule has 1 aliphatic rings. The van der Waals surface area contributed by atoms with Crippen LogP contribution in [0.25, 0.3) is 0 Å². The first-order valence-electron chi connectivity index (χ1n) is 14.6. The van der Waals surface area contributed by atoms with Crippen molar-refractivity contribution in [2.75, 3.05) is 13.2 Å². The number of nitrogens with zero attached hydrogens (tertiary/aromatic N) is 1. The van der Waals surface area contributed by atoms with Crippen LogP contribution in [0.15, 0.2) is 46.5 Å². The number of ether oxygens (including phenoxy) is 1. The van der Waals surface area contributed by atoms with Gasteiger partial charge in [0.05, 0.1) is 17.0 Å². The first-order chi connectivity index (χ1) is 18.7. The van der Waals surface area contributed by atoms with Crippen molar-refractivity contribution >= 4 is 23.2 Å². The Morgan fingerprint density at radius 3 is 2.27 bits per heavy atom. The number of aliphatic carboxylic acids is 1. The molecule has 0 bridgehead atoms. The maximum Gasteiger partial charge on any atom is 0.323 e. The first-order valence-corrected chi connectivity index (χ1v) is 14.6. The number of carbonyl (C=O) groups is 2. The van der Waals surface area contributed by atoms with Gasteiger partial charge < -0.3 is 14.9 Å². The molecule has 1 heterocycles. The molecule has 1 aromatic rings. The summed E-state index contributed by atoms with van der Waals surface area (Å²) in [4.78, 5) is 28.5. The van der Waals surface area contributed by atoms with Crippen molar-refractivity contribution < 1.29 is 24.5 Å². The standard InChI is InChI=1S/C26H38N2O4.C7H14O/c1-9-20(13-18(6)22(29)10-2)23(16(3)4)28-21-14-19(12-11-17(21)5)15-27-24(25(30)31)26(7,8)32;1-2-7-3-5-8-6-4-7/h9,11-14,16,24,27,32H,10,15H2,1-8H3,(H,30,31);7H,2-6H2,1H3/b18-13-,20-9+,28-23?;. The maximum atomic E-state index is 12.1. The van der Waals surface area contributed by atoms with Crippen LogP contribution in [-0.2, 0) is 20.9 Å². The smallest absolute Gasteiger partial charge is 0.323 e. The Labute approximate surface area is 241 Å². The summed E-state index contributed by atoms with van der Waals surface area (Å²) >= 11 is 0. The second kappa shape index (κ2) is 17.3. The fraction of sp³-hybridized carbons (Fsp3) is 0.606. The van der Waals surface area contributed by atoms with Crippen molar-refractivity contribution in [1.82, 2.24) is 5.32 Å². The fourth-order valence-corrected chi connectivity index (χ4v) is 4.45. The Hall–Kier alpha value is -2.61. The number of nitrogens with one attached hydrogen (secondary N) is 1. The summed E-state index contributed by atoms with van der Waals surface area (Å²) in [5.41, 5.74) is 3.74. The lowest BCUT2D eigenvalue weighted by Gasteiger charge is -2.26. The molecule has 0 radical (unpaired) electrons. The Bertz CT molecular complexity index is 1060. The molecule has 7 heteroatoms. The topological polar surface area (TPSA) is 108 Å². The molecule has 1 fully saturated rings. The van der Waals surface area contributed by atoms with Crippen molar-refractivity contribution in [3.63, 3.8) is 0 Å². The van der Waals surface area contributed by atoms with Crippen LogP contribution < -0.4 is 5.32 Å². The maximum absolute atomic E-state index is 12.1. The van der Waals surface area contributed by atoms with Crippen LogP contribution in [0.4, 0.5) is 5.69 Å². The molecule has 7 nitrogen and oxygen atoms in total. The Morgan fingerprint density at radius 2 is 1.82 bits per heavy atom. The average Bonchev–Trinajstić information content (AvgIpc) is 2.91. The molecule has 1 atom stereocenters. The molecule has 3 N–H and O–H groups in total. The minimum atomic E-state index is -1.40. The number of carboxylic acid groups (broad SMARTS) is 1. The van der Waals surface area contributed by atoms with E-state index in [4.69, 9.17) is 9.73 Å². The number of hydrogen-bond acceptors (Lipinski definition) is 6. The van der Waals surface area contributed by atoms with E-state index in [0.717, 1.165) is 47.2 Å². The van der Waals surface area contributed by atoms with E-state index in [1.54, 1.807) is 0 Å². The van der Waals surface area contributed by atoms with E-state index >= 15 is 0 Å². The number of hydrogen-bond donors (Lipinski definition) is 3. The van der Waals surface area contributed by atoms with Crippen LogP contribution in [0.1, 0.15) is 92.2 Å². The number of rotatable bonds is 12. The van der Waals surface area contributed by atoms with Crippen LogP contribution in [0, 0.1) is 18.8 Å². The number of carbonyl (C=O) groups excluding carboxylic acids is 1. The molecule has 40 heavy (non-hydrogen) atoms. The van der Waals surface area contributed by atoms with Gasteiger partial charge in [0, 0.05) is 26.2 Å². The number of aliphatic imine (C=N–C) groups is 1. The molecular formula is C33H52N2O5. The first kappa shape index (κ1) is 35.4. The van der Waals surface area contributed by atoms with Gasteiger partial charge in [-0.2, -0.15) is 0 Å². The van der Waals surface area contributed by atoms with E-state index in [9.17, 15) is 19.8 Å². The number of benzene rings is 1. The predicted octanol–water partition coefficient (Wildman–Crippen LogP) is 6.73. The molecule has 0 spiro atoms. The largest absolute Gasteiger partial charge is 0.480 e. The SMILES string of the molecule is C/C=C(\C=C(\C)C(=O)CC)C(=Nc1cc(CNC(C(=O)O)C(C)(C)O)ccc1C)C(C)C.CCC1CCOCC1. The fourth-order valence-electron chi connectivity index (χ4n) is 4.45. The lowest BCUT2D eigenvalue weighted by atomic mass is 9.96. The lowest BCUT2D eigenvalue weighted by Crippen LogP contribution is -2.51. The highest BCUT2D eigenvalue weighted by Gasteiger charge is 2.32. The van der Waals surface area contributed by atoms with Crippen LogP contribution in [0.5, 0.6) is 0 Å². The third-order valence-electron chi connectivity index (χ3n) is 7.18. The van der Waals surface area contributed by atoms with Crippen molar-refractivity contribution in [2.24, 2.45) is 16.8 Å². The molecule has 1 unspecified atom stereocenters. The third kappa shape index (κ3) is 11.9. The number of ketones is 1. The summed E-state index contributed by atoms with van der Waals surface area (Å²) in [7, 11) is 0. The zero-order valence-corrected chi connectivity index (χ0v) is 26.1. The van der Waals surface area contributed by atoms with E-state index in [2.05, 4.69) is 26.1 Å². The van der Waals surface area contributed by atoms with E-state index in [1.165, 1.54) is 33.1 Å². The van der Waals surface area contributed by atoms with Crippen LogP contribution >= 0.6 is 0 Å². The molecule has 1 aliphatic heterocycles. The Balaban J connectivity index is 0.000000850. The van der Waals surface area contributed by atoms with E-state index in [0.29, 0.717) is 12.0 Å². The molecular weight excluding hydrogens is 504 g/mol. The summed E-state index contributed by atoms with van der Waals surface area (Å²) in [5, 5.41) is 22.4. The summed E-state index contributed by atoms with van der Waals surface area (Å²) in [6.07, 6.45) is 8.24. The van der Waals surface area contributed by atoms with Gasteiger partial charge in [0.15, 0.2) is 5.78 Å². The van der Waals surface area contributed by atoms with E-state index in [1.807, 2.05) is 58.0 Å². The van der Waals surface area contributed by atoms with Crippen molar-refractivity contribution in [3.05, 3.63) is 52.6 Å². The Kier molecular flexibility index (Phi) is 15.3. The highest BCUT2D eigenvalue weighted by atomic mass is 16.5. The summed E-state index contributed by atoms with van der Waals surface area (Å²) < 4.78 is 5.20. The van der Waals surface area contributed by atoms with Gasteiger partial charge in [-0.25, -0.2) is 0 Å². The number of allylic oxidation sites excluding steroid dienone is 4. The third-order valence-corrected chi connectivity index (χ3v) is 7.18. The molecule has 0 saturated carbocycles. The van der Waals surface area contributed by atoms with Gasteiger partial charge in [0.25, 0.3) is 0 Å². The summed E-state index contributed by atoms with van der Waals surface area (Å²) in [5.74, 6) is 0.0986. The minimum absolute atomic E-state index is 0.108. The normalized spacial score (nSPS) is 16.4. The number of aryl methyl sites for hydroxylation is 1. The summed E-state index contributed by atoms with van der Waals surface area (Å²) in [6.45, 7) is 19.2. The van der Waals surface area contributed by atoms with Gasteiger partial charge in [0.1, 0.15) is 6.04 Å². The van der Waals surface area contributed by atoms with Crippen LogP contribution in [0.3, 0.4) is 0 Å². The van der Waals surface area contributed by atoms with Crippen LogP contribution in [0.2, 0.25) is 0 Å². The number of Topliss-reactive ketones (excluding diaryl/α,β-unsaturated/α-hetero) is 1. The van der Waals surface area contributed by atoms with Gasteiger partial charge >= 0.3 is 5.97 Å². The van der Waals surface area contributed by atoms with Crippen molar-refractivity contribution in [2.45, 2.75) is 106 Å². The number of carboxylic acids is 1. The molecule has 0 aliphatic carbocycles. The average molecular weight is 557 g/mol. The minimum Gasteiger partial charge on any atom is -0.480 e. The molecule has 224 valence electrons. The van der Waals surface area contributed by atoms with Gasteiger partial charge in [-0.05, 0) is 93.7 Å². The highest BCUT2D eigenvalue weighted by Crippen LogP contribution is 2.25. The number of aliphatic hydroxyl groups is 1. The van der Waals surface area contributed by atoms with Crippen molar-refractivity contribution in [3.8, 4) is 0 Å². The van der Waals surface area contributed by atoms with Crippen molar-refractivity contribution in [1.29, 1.82) is 0 Å². The molecule has 0 aromatic heterocycles. The highest BCUT2D eigenvalue weighted by molar-refractivity contribution is 6.07. The summed E-state index contributed by atoms with van der Waals surface area (Å²) in [6, 6.07) is 4.70. The van der Waals surface area contributed by atoms with Gasteiger partial charge in [0.2, 0.25) is 0 Å². The molecule has 1 saturated heterocycles. The van der Waals surface area contributed by atoms with E-state index in [-0.39, 0.29) is 18.2 Å². The van der Waals surface area contributed by atoms with Gasteiger partial charge in [-0.1, -0.05) is 52.3 Å². The molecule has 0 amide bonds. The monoisotopic (exact) mass is 556 g/mol. The lowest BCUT2D eigenvalue weighted by molar-refractivity contribution is -0.145. The molecule has 2 rings (SSSR count). The van der Waals surface area contributed by atoms with Crippen LogP contribution in [-0.4, -0.2) is 52.5 Å². The zero-order chi connectivity index (χ0) is 30.5. The predicted molar refractivity (Wildman–Crippen MR) is 164 cm³/mol. The zero-order valence-electron chi connectivity index (χ0n) is 26.1. The van der Waals surface area contributed by atoms with Gasteiger partial charge in [-0.15, -0.1) is 0 Å². The quantitative estimate of drug-likeness (QED) is 0.150. The van der Waals surface area contributed by atoms with E-state index < -0.39 is 17.6 Å². The Morgan fingerprint density at radius 1 is 1.20 bits per heavy atom. The second-order valence-corrected chi connectivity index (χ2v) is 11.4. The molecule has 1 aromatic carbocycles. The second-order valence-electron chi connectivity index (χ2n) is 11.4. The van der Waals surface area contributed by atoms with Gasteiger partial charge in [-0.3, -0.25) is 19.9 Å².